The van der Waals surface area contributed by atoms with Crippen LogP contribution >= 0.6 is 0 Å². The second-order valence-corrected chi connectivity index (χ2v) is 6.36. The molecule has 146 valence electrons. The number of hydrogen-bond acceptors (Lipinski definition) is 4. The van der Waals surface area contributed by atoms with Crippen LogP contribution in [0, 0.1) is 13.8 Å². The van der Waals surface area contributed by atoms with Crippen LogP contribution in [0.3, 0.4) is 0 Å². The number of esters is 1. The molecular weight excluding hydrogens is 344 g/mol. The second-order valence-electron chi connectivity index (χ2n) is 6.36. The fraction of sp³-hybridized carbons (Fsp3) is 0.450. The second kappa shape index (κ2) is 9.21. The highest BCUT2D eigenvalue weighted by molar-refractivity contribution is 5.92. The number of likely N-dealkylation sites (N-methyl/N-ethyl adjacent to an activating group) is 1. The highest BCUT2D eigenvalue weighted by atomic mass is 16.5. The number of nitrogens with zero attached hydrogens (tertiary/aromatic N) is 3. The number of anilines is 1. The number of rotatable bonds is 7. The third-order valence-corrected chi connectivity index (χ3v) is 4.52. The zero-order valence-electron chi connectivity index (χ0n) is 16.7. The standard InChI is InChI=1S/C20H28N4O3/c1-6-24-15(4)18(14(3)22-24)12-13-23(5)20(26)21-17-10-8-16(9-11-17)19(25)27-7-2/h8-11H,6-7,12-13H2,1-5H3,(H,21,26). The van der Waals surface area contributed by atoms with Crippen LogP contribution in [0.2, 0.25) is 0 Å². The number of carbonyl (C=O) groups is 2. The van der Waals surface area contributed by atoms with Crippen LogP contribution in [-0.4, -0.2) is 46.9 Å². The maximum absolute atomic E-state index is 12.4. The first-order chi connectivity index (χ1) is 12.9. The Hall–Kier alpha value is -2.83. The molecule has 1 heterocycles. The zero-order valence-corrected chi connectivity index (χ0v) is 16.7. The Balaban J connectivity index is 1.92. The van der Waals surface area contributed by atoms with Crippen molar-refractivity contribution in [3.05, 3.63) is 46.8 Å². The summed E-state index contributed by atoms with van der Waals surface area (Å²) in [6.07, 6.45) is 0.753. The fourth-order valence-electron chi connectivity index (χ4n) is 2.91. The van der Waals surface area contributed by atoms with Gasteiger partial charge in [0.05, 0.1) is 17.9 Å². The molecule has 0 radical (unpaired) electrons. The van der Waals surface area contributed by atoms with Crippen molar-refractivity contribution in [1.82, 2.24) is 14.7 Å². The van der Waals surface area contributed by atoms with Crippen molar-refractivity contribution in [3.63, 3.8) is 0 Å². The average Bonchev–Trinajstić information content (AvgIpc) is 2.93. The number of carbonyl (C=O) groups excluding carboxylic acids is 2. The lowest BCUT2D eigenvalue weighted by Gasteiger charge is -2.18. The Bertz CT molecular complexity index is 796. The third kappa shape index (κ3) is 5.09. The lowest BCUT2D eigenvalue weighted by molar-refractivity contribution is 0.0526. The molecule has 0 unspecified atom stereocenters. The smallest absolute Gasteiger partial charge is 0.338 e. The van der Waals surface area contributed by atoms with Gasteiger partial charge in [-0.25, -0.2) is 9.59 Å². The van der Waals surface area contributed by atoms with E-state index in [-0.39, 0.29) is 12.0 Å². The number of urea groups is 1. The number of aromatic nitrogens is 2. The molecule has 2 aromatic rings. The molecule has 0 aliphatic carbocycles. The van der Waals surface area contributed by atoms with E-state index in [4.69, 9.17) is 4.74 Å². The summed E-state index contributed by atoms with van der Waals surface area (Å²) in [4.78, 5) is 25.7. The van der Waals surface area contributed by atoms with E-state index < -0.39 is 0 Å². The third-order valence-electron chi connectivity index (χ3n) is 4.52. The first-order valence-corrected chi connectivity index (χ1v) is 9.19. The van der Waals surface area contributed by atoms with Crippen molar-refractivity contribution in [1.29, 1.82) is 0 Å². The summed E-state index contributed by atoms with van der Waals surface area (Å²) in [5, 5.41) is 7.35. The van der Waals surface area contributed by atoms with E-state index >= 15 is 0 Å². The van der Waals surface area contributed by atoms with E-state index in [9.17, 15) is 9.59 Å². The lowest BCUT2D eigenvalue weighted by Crippen LogP contribution is -2.33. The van der Waals surface area contributed by atoms with Gasteiger partial charge in [0.25, 0.3) is 0 Å². The Morgan fingerprint density at radius 3 is 2.41 bits per heavy atom. The van der Waals surface area contributed by atoms with Gasteiger partial charge in [-0.05, 0) is 63.9 Å². The van der Waals surface area contributed by atoms with E-state index in [1.54, 1.807) is 43.1 Å². The van der Waals surface area contributed by atoms with Gasteiger partial charge in [-0.2, -0.15) is 5.10 Å². The summed E-state index contributed by atoms with van der Waals surface area (Å²) >= 11 is 0. The van der Waals surface area contributed by atoms with Crippen LogP contribution < -0.4 is 5.32 Å². The molecule has 27 heavy (non-hydrogen) atoms. The molecule has 0 bridgehead atoms. The summed E-state index contributed by atoms with van der Waals surface area (Å²) in [5.74, 6) is -0.370. The molecule has 0 atom stereocenters. The van der Waals surface area contributed by atoms with Gasteiger partial charge in [0.1, 0.15) is 0 Å². The summed E-state index contributed by atoms with van der Waals surface area (Å²) in [7, 11) is 1.76. The van der Waals surface area contributed by atoms with E-state index in [0.717, 1.165) is 24.4 Å². The summed E-state index contributed by atoms with van der Waals surface area (Å²) in [5.41, 5.74) is 4.44. The van der Waals surface area contributed by atoms with Gasteiger partial charge in [-0.1, -0.05) is 0 Å². The molecule has 1 N–H and O–H groups in total. The quantitative estimate of drug-likeness (QED) is 0.756. The first kappa shape index (κ1) is 20.5. The molecule has 7 heteroatoms. The van der Waals surface area contributed by atoms with Crippen molar-refractivity contribution >= 4 is 17.7 Å². The molecule has 0 fully saturated rings. The summed E-state index contributed by atoms with van der Waals surface area (Å²) in [6, 6.07) is 6.46. The number of hydrogen-bond donors (Lipinski definition) is 1. The van der Waals surface area contributed by atoms with Crippen LogP contribution in [0.15, 0.2) is 24.3 Å². The topological polar surface area (TPSA) is 76.5 Å². The van der Waals surface area contributed by atoms with E-state index in [1.165, 1.54) is 5.56 Å². The Kier molecular flexibility index (Phi) is 6.98. The van der Waals surface area contributed by atoms with Crippen LogP contribution in [-0.2, 0) is 17.7 Å². The maximum Gasteiger partial charge on any atom is 0.338 e. The minimum atomic E-state index is -0.370. The van der Waals surface area contributed by atoms with Crippen molar-refractivity contribution < 1.29 is 14.3 Å². The predicted octanol–water partition coefficient (Wildman–Crippen LogP) is 3.40. The fourth-order valence-corrected chi connectivity index (χ4v) is 2.91. The number of ether oxygens (including phenoxy) is 1. The average molecular weight is 372 g/mol. The molecule has 1 aromatic carbocycles. The highest BCUT2D eigenvalue weighted by Gasteiger charge is 2.14. The molecular formula is C20H28N4O3. The van der Waals surface area contributed by atoms with Crippen LogP contribution in [0.5, 0.6) is 0 Å². The van der Waals surface area contributed by atoms with Crippen molar-refractivity contribution in [2.24, 2.45) is 0 Å². The molecule has 1 aromatic heterocycles. The van der Waals surface area contributed by atoms with Gasteiger partial charge in [0.15, 0.2) is 0 Å². The van der Waals surface area contributed by atoms with Gasteiger partial charge in [0.2, 0.25) is 0 Å². The summed E-state index contributed by atoms with van der Waals surface area (Å²) < 4.78 is 6.93. The molecule has 0 saturated heterocycles. The first-order valence-electron chi connectivity index (χ1n) is 9.19. The van der Waals surface area contributed by atoms with E-state index in [2.05, 4.69) is 24.3 Å². The van der Waals surface area contributed by atoms with Crippen molar-refractivity contribution in [2.45, 2.75) is 40.7 Å². The molecule has 7 nitrogen and oxygen atoms in total. The Labute approximate surface area is 160 Å². The minimum absolute atomic E-state index is 0.197. The van der Waals surface area contributed by atoms with Gasteiger partial charge < -0.3 is 15.0 Å². The summed E-state index contributed by atoms with van der Waals surface area (Å²) in [6.45, 7) is 9.64. The zero-order chi connectivity index (χ0) is 20.0. The number of benzene rings is 1. The monoisotopic (exact) mass is 372 g/mol. The van der Waals surface area contributed by atoms with Crippen LogP contribution in [0.25, 0.3) is 0 Å². The van der Waals surface area contributed by atoms with Crippen molar-refractivity contribution in [2.75, 3.05) is 25.5 Å². The lowest BCUT2D eigenvalue weighted by atomic mass is 10.1. The van der Waals surface area contributed by atoms with Gasteiger partial charge in [-0.3, -0.25) is 4.68 Å². The van der Waals surface area contributed by atoms with Crippen molar-refractivity contribution in [3.8, 4) is 0 Å². The number of amides is 2. The SMILES string of the molecule is CCOC(=O)c1ccc(NC(=O)N(C)CCc2c(C)nn(CC)c2C)cc1. The highest BCUT2D eigenvalue weighted by Crippen LogP contribution is 2.15. The number of aryl methyl sites for hydroxylation is 2. The van der Waals surface area contributed by atoms with Gasteiger partial charge in [0, 0.05) is 31.5 Å². The molecule has 2 rings (SSSR count). The number of nitrogens with one attached hydrogen (secondary N) is 1. The predicted molar refractivity (Wildman–Crippen MR) is 105 cm³/mol. The Morgan fingerprint density at radius 2 is 1.85 bits per heavy atom. The maximum atomic E-state index is 12.4. The van der Waals surface area contributed by atoms with Crippen LogP contribution in [0.1, 0.15) is 41.2 Å². The molecule has 0 aliphatic heterocycles. The largest absolute Gasteiger partial charge is 0.462 e. The van der Waals surface area contributed by atoms with Crippen LogP contribution in [0.4, 0.5) is 10.5 Å². The molecule has 0 spiro atoms. The molecule has 2 amide bonds. The van der Waals surface area contributed by atoms with Gasteiger partial charge >= 0.3 is 12.0 Å². The van der Waals surface area contributed by atoms with Gasteiger partial charge in [-0.15, -0.1) is 0 Å². The molecule has 0 aliphatic rings. The molecule has 0 saturated carbocycles. The minimum Gasteiger partial charge on any atom is -0.462 e. The van der Waals surface area contributed by atoms with E-state index in [1.807, 2.05) is 11.6 Å². The Morgan fingerprint density at radius 1 is 1.19 bits per heavy atom. The normalized spacial score (nSPS) is 10.6. The van der Waals surface area contributed by atoms with E-state index in [0.29, 0.717) is 24.4 Å².